The maximum Gasteiger partial charge on any atom is 0.407 e. The molecule has 198 valence electrons. The van der Waals surface area contributed by atoms with Gasteiger partial charge in [-0.3, -0.25) is 0 Å². The van der Waals surface area contributed by atoms with Crippen LogP contribution in [0.1, 0.15) is 59.1 Å². The van der Waals surface area contributed by atoms with Crippen molar-refractivity contribution in [3.8, 4) is 0 Å². The molecule has 2 saturated heterocycles. The van der Waals surface area contributed by atoms with E-state index in [-0.39, 0.29) is 36.6 Å². The molecule has 2 heterocycles. The van der Waals surface area contributed by atoms with Crippen LogP contribution in [0.2, 0.25) is 5.02 Å². The molecule has 7 heteroatoms. The standard InChI is InChI=1S/C31H32ClFN2O3/c32-29-8-4-2-6-22(29)19-37-31(36)34-24-11-13-35(14-12-24)18-25-17-28-26-7-3-1-5-20(26)15-21-9-10-23(33)16-27(21)30(28)38-25/h1-10,16,24-25,28,30H,11-15,17-19H2,(H,34,36)/t25-,28-,30+/m1/s1. The van der Waals surface area contributed by atoms with Crippen LogP contribution in [0.25, 0.3) is 0 Å². The Morgan fingerprint density at radius 1 is 1.03 bits per heavy atom. The number of carbonyl (C=O) groups is 1. The van der Waals surface area contributed by atoms with Crippen LogP contribution < -0.4 is 5.32 Å². The third kappa shape index (κ3) is 5.44. The Hall–Kier alpha value is -2.93. The molecule has 1 aliphatic carbocycles. The molecule has 2 aliphatic heterocycles. The predicted octanol–water partition coefficient (Wildman–Crippen LogP) is 6.39. The summed E-state index contributed by atoms with van der Waals surface area (Å²) in [6.45, 7) is 2.75. The second-order valence-corrected chi connectivity index (χ2v) is 11.0. The molecular weight excluding hydrogens is 503 g/mol. The number of likely N-dealkylation sites (tertiary alicyclic amines) is 1. The average molecular weight is 535 g/mol. The van der Waals surface area contributed by atoms with E-state index in [0.29, 0.717) is 5.02 Å². The molecule has 2 fully saturated rings. The number of hydrogen-bond acceptors (Lipinski definition) is 4. The molecular formula is C31H32ClFN2O3. The Labute approximate surface area is 227 Å². The van der Waals surface area contributed by atoms with E-state index in [2.05, 4.69) is 34.5 Å². The second-order valence-electron chi connectivity index (χ2n) is 10.6. The molecule has 1 amide bonds. The molecule has 1 N–H and O–H groups in total. The van der Waals surface area contributed by atoms with E-state index in [1.54, 1.807) is 18.2 Å². The van der Waals surface area contributed by atoms with E-state index in [4.69, 9.17) is 21.1 Å². The fraction of sp³-hybridized carbons (Fsp3) is 0.387. The lowest BCUT2D eigenvalue weighted by molar-refractivity contribution is 0.0139. The van der Waals surface area contributed by atoms with Gasteiger partial charge in [-0.25, -0.2) is 9.18 Å². The summed E-state index contributed by atoms with van der Waals surface area (Å²) in [6, 6.07) is 21.2. The van der Waals surface area contributed by atoms with Gasteiger partial charge in [-0.15, -0.1) is 0 Å². The number of fused-ring (bicyclic) bond motifs is 5. The smallest absolute Gasteiger partial charge is 0.407 e. The van der Waals surface area contributed by atoms with Crippen LogP contribution in [0, 0.1) is 5.82 Å². The van der Waals surface area contributed by atoms with Gasteiger partial charge in [-0.1, -0.05) is 60.1 Å². The highest BCUT2D eigenvalue weighted by molar-refractivity contribution is 6.31. The van der Waals surface area contributed by atoms with Crippen LogP contribution in [0.3, 0.4) is 0 Å². The van der Waals surface area contributed by atoms with Crippen molar-refractivity contribution in [1.29, 1.82) is 0 Å². The SMILES string of the molecule is O=C(NC1CCN(C[C@H]2C[C@@H]3c4ccccc4Cc4ccc(F)cc4[C@@H]3O2)CC1)OCc1ccccc1Cl. The molecule has 0 radical (unpaired) electrons. The largest absolute Gasteiger partial charge is 0.445 e. The fourth-order valence-corrected chi connectivity index (χ4v) is 6.42. The van der Waals surface area contributed by atoms with Crippen LogP contribution >= 0.6 is 11.6 Å². The summed E-state index contributed by atoms with van der Waals surface area (Å²) in [5, 5.41) is 3.59. The number of halogens is 2. The summed E-state index contributed by atoms with van der Waals surface area (Å²) in [7, 11) is 0. The first-order valence-electron chi connectivity index (χ1n) is 13.4. The van der Waals surface area contributed by atoms with Crippen LogP contribution in [0.5, 0.6) is 0 Å². The number of hydrogen-bond donors (Lipinski definition) is 1. The second kappa shape index (κ2) is 11.0. The van der Waals surface area contributed by atoms with Crippen molar-refractivity contribution < 1.29 is 18.7 Å². The quantitative estimate of drug-likeness (QED) is 0.412. The van der Waals surface area contributed by atoms with Gasteiger partial charge >= 0.3 is 6.09 Å². The molecule has 0 unspecified atom stereocenters. The van der Waals surface area contributed by atoms with Gasteiger partial charge in [0.05, 0.1) is 12.2 Å². The number of nitrogens with one attached hydrogen (secondary N) is 1. The monoisotopic (exact) mass is 534 g/mol. The van der Waals surface area contributed by atoms with Crippen molar-refractivity contribution in [2.24, 2.45) is 0 Å². The molecule has 0 aromatic heterocycles. The van der Waals surface area contributed by atoms with Crippen molar-refractivity contribution in [3.63, 3.8) is 0 Å². The molecule has 0 saturated carbocycles. The average Bonchev–Trinajstić information content (AvgIpc) is 3.29. The van der Waals surface area contributed by atoms with Crippen molar-refractivity contribution in [2.45, 2.75) is 56.5 Å². The normalized spacial score (nSPS) is 23.2. The van der Waals surface area contributed by atoms with E-state index in [0.717, 1.165) is 62.0 Å². The molecule has 3 aliphatic rings. The van der Waals surface area contributed by atoms with Gasteiger partial charge in [-0.05, 0) is 66.1 Å². The number of piperidine rings is 1. The highest BCUT2D eigenvalue weighted by Crippen LogP contribution is 2.49. The highest BCUT2D eigenvalue weighted by atomic mass is 35.5. The van der Waals surface area contributed by atoms with Crippen LogP contribution in [0.4, 0.5) is 9.18 Å². The maximum absolute atomic E-state index is 14.3. The predicted molar refractivity (Wildman–Crippen MR) is 145 cm³/mol. The number of alkyl carbamates (subject to hydrolysis) is 1. The fourth-order valence-electron chi connectivity index (χ4n) is 6.23. The first-order chi connectivity index (χ1) is 18.5. The van der Waals surface area contributed by atoms with Crippen LogP contribution in [-0.2, 0) is 22.5 Å². The van der Waals surface area contributed by atoms with E-state index < -0.39 is 6.09 Å². The lowest BCUT2D eigenvalue weighted by Gasteiger charge is -2.33. The van der Waals surface area contributed by atoms with Gasteiger partial charge < -0.3 is 19.7 Å². The highest BCUT2D eigenvalue weighted by Gasteiger charge is 2.41. The first-order valence-corrected chi connectivity index (χ1v) is 13.8. The molecule has 5 nitrogen and oxygen atoms in total. The number of carbonyl (C=O) groups excluding carboxylic acids is 1. The van der Waals surface area contributed by atoms with Gasteiger partial charge in [0.15, 0.2) is 0 Å². The molecule has 0 bridgehead atoms. The summed E-state index contributed by atoms with van der Waals surface area (Å²) >= 11 is 6.15. The molecule has 3 aromatic carbocycles. The summed E-state index contributed by atoms with van der Waals surface area (Å²) < 4.78 is 26.3. The van der Waals surface area contributed by atoms with Gasteiger partial charge in [0.2, 0.25) is 0 Å². The minimum atomic E-state index is -0.410. The van der Waals surface area contributed by atoms with Gasteiger partial charge in [0.25, 0.3) is 0 Å². The Bertz CT molecular complexity index is 1310. The third-order valence-electron chi connectivity index (χ3n) is 8.16. The molecule has 3 atom stereocenters. The number of amides is 1. The topological polar surface area (TPSA) is 50.8 Å². The number of benzene rings is 3. The Kier molecular flexibility index (Phi) is 7.37. The van der Waals surface area contributed by atoms with Gasteiger partial charge in [-0.2, -0.15) is 0 Å². The summed E-state index contributed by atoms with van der Waals surface area (Å²) in [5.74, 6) is 0.0202. The van der Waals surface area contributed by atoms with Crippen molar-refractivity contribution in [3.05, 3.63) is 105 Å². The van der Waals surface area contributed by atoms with Crippen LogP contribution in [-0.4, -0.2) is 42.8 Å². The third-order valence-corrected chi connectivity index (χ3v) is 8.53. The Morgan fingerprint density at radius 3 is 2.63 bits per heavy atom. The van der Waals surface area contributed by atoms with E-state index in [1.807, 2.05) is 24.3 Å². The van der Waals surface area contributed by atoms with Crippen molar-refractivity contribution >= 4 is 17.7 Å². The van der Waals surface area contributed by atoms with E-state index in [1.165, 1.54) is 11.1 Å². The Balaban J connectivity index is 1.04. The zero-order valence-electron chi connectivity index (χ0n) is 21.2. The number of nitrogens with zero attached hydrogens (tertiary/aromatic N) is 1. The number of rotatable bonds is 5. The zero-order chi connectivity index (χ0) is 26.1. The van der Waals surface area contributed by atoms with Gasteiger partial charge in [0.1, 0.15) is 12.4 Å². The summed E-state index contributed by atoms with van der Waals surface area (Å²) in [4.78, 5) is 14.7. The molecule has 38 heavy (non-hydrogen) atoms. The summed E-state index contributed by atoms with van der Waals surface area (Å²) in [6.07, 6.45) is 3.00. The lowest BCUT2D eigenvalue weighted by atomic mass is 9.87. The van der Waals surface area contributed by atoms with Crippen LogP contribution in [0.15, 0.2) is 66.7 Å². The summed E-state index contributed by atoms with van der Waals surface area (Å²) in [5.41, 5.74) is 5.58. The lowest BCUT2D eigenvalue weighted by Crippen LogP contribution is -2.46. The van der Waals surface area contributed by atoms with Crippen molar-refractivity contribution in [2.75, 3.05) is 19.6 Å². The minimum absolute atomic E-state index is 0.0809. The Morgan fingerprint density at radius 2 is 1.79 bits per heavy atom. The zero-order valence-corrected chi connectivity index (χ0v) is 22.0. The number of ether oxygens (including phenoxy) is 2. The van der Waals surface area contributed by atoms with E-state index >= 15 is 0 Å². The molecule has 6 rings (SSSR count). The maximum atomic E-state index is 14.3. The van der Waals surface area contributed by atoms with Gasteiger partial charge in [0, 0.05) is 42.2 Å². The van der Waals surface area contributed by atoms with Crippen molar-refractivity contribution in [1.82, 2.24) is 10.2 Å². The van der Waals surface area contributed by atoms with E-state index in [9.17, 15) is 9.18 Å². The molecule has 0 spiro atoms. The molecule has 3 aromatic rings. The minimum Gasteiger partial charge on any atom is -0.445 e. The first kappa shape index (κ1) is 25.4.